The molecule has 0 radical (unpaired) electrons. The number of methoxy groups -OCH3 is 2. The van der Waals surface area contributed by atoms with Crippen molar-refractivity contribution in [3.63, 3.8) is 0 Å². The predicted octanol–water partition coefficient (Wildman–Crippen LogP) is 2.87. The molecule has 2 aliphatic rings. The summed E-state index contributed by atoms with van der Waals surface area (Å²) < 4.78 is 22.1. The van der Waals surface area contributed by atoms with Gasteiger partial charge in [0, 0.05) is 12.5 Å². The first-order chi connectivity index (χ1) is 11.1. The van der Waals surface area contributed by atoms with Gasteiger partial charge in [-0.15, -0.1) is 0 Å². The van der Waals surface area contributed by atoms with Gasteiger partial charge in [0.25, 0.3) is 0 Å². The van der Waals surface area contributed by atoms with Gasteiger partial charge in [-0.2, -0.15) is 0 Å². The fourth-order valence-corrected chi connectivity index (χ4v) is 3.44. The van der Waals surface area contributed by atoms with E-state index in [1.54, 1.807) is 20.3 Å². The molecule has 3 rings (SSSR count). The Morgan fingerprint density at radius 3 is 2.78 bits per heavy atom. The highest BCUT2D eigenvalue weighted by molar-refractivity contribution is 5.91. The monoisotopic (exact) mass is 318 g/mol. The van der Waals surface area contributed by atoms with Crippen molar-refractivity contribution in [2.75, 3.05) is 21.0 Å². The molecule has 1 heterocycles. The third-order valence-corrected chi connectivity index (χ3v) is 4.77. The molecule has 1 aliphatic carbocycles. The van der Waals surface area contributed by atoms with E-state index in [4.69, 9.17) is 18.9 Å². The molecule has 0 saturated carbocycles. The zero-order valence-electron chi connectivity index (χ0n) is 13.8. The van der Waals surface area contributed by atoms with Crippen molar-refractivity contribution < 1.29 is 23.7 Å². The lowest BCUT2D eigenvalue weighted by molar-refractivity contribution is -0.117. The van der Waals surface area contributed by atoms with Crippen molar-refractivity contribution in [3.8, 4) is 11.5 Å². The maximum atomic E-state index is 11.6. The summed E-state index contributed by atoms with van der Waals surface area (Å²) in [6.45, 7) is 2.35. The molecule has 0 spiro atoms. The SMILES string of the molecule is COc1ccc(C[C@H](C)[C@]23CCC(=O)C=C2OCO3)cc1OC. The molecule has 2 atom stereocenters. The van der Waals surface area contributed by atoms with Crippen LogP contribution in [0, 0.1) is 5.92 Å². The van der Waals surface area contributed by atoms with Gasteiger partial charge in [-0.05, 0) is 36.5 Å². The van der Waals surface area contributed by atoms with Crippen LogP contribution in [0.25, 0.3) is 0 Å². The fraction of sp³-hybridized carbons (Fsp3) is 0.500. The minimum atomic E-state index is -0.485. The molecule has 0 bridgehead atoms. The molecule has 1 aromatic carbocycles. The zero-order valence-corrected chi connectivity index (χ0v) is 13.8. The summed E-state index contributed by atoms with van der Waals surface area (Å²) in [6.07, 6.45) is 3.58. The number of ether oxygens (including phenoxy) is 4. The number of carbonyl (C=O) groups is 1. The molecule has 0 unspecified atom stereocenters. The summed E-state index contributed by atoms with van der Waals surface area (Å²) in [4.78, 5) is 11.6. The number of benzene rings is 1. The van der Waals surface area contributed by atoms with Crippen LogP contribution < -0.4 is 9.47 Å². The summed E-state index contributed by atoms with van der Waals surface area (Å²) in [5.74, 6) is 2.41. The van der Waals surface area contributed by atoms with E-state index >= 15 is 0 Å². The maximum absolute atomic E-state index is 11.6. The quantitative estimate of drug-likeness (QED) is 0.835. The lowest BCUT2D eigenvalue weighted by Crippen LogP contribution is -2.41. The lowest BCUT2D eigenvalue weighted by Gasteiger charge is -2.35. The second kappa shape index (κ2) is 6.24. The number of ketones is 1. The van der Waals surface area contributed by atoms with E-state index in [1.165, 1.54) is 0 Å². The summed E-state index contributed by atoms with van der Waals surface area (Å²) in [5.41, 5.74) is 0.650. The number of carbonyl (C=O) groups excluding carboxylic acids is 1. The first-order valence-corrected chi connectivity index (χ1v) is 7.81. The second-order valence-electron chi connectivity index (χ2n) is 6.07. The van der Waals surface area contributed by atoms with Crippen molar-refractivity contribution in [1.29, 1.82) is 0 Å². The molecule has 1 saturated heterocycles. The van der Waals surface area contributed by atoms with E-state index < -0.39 is 5.60 Å². The summed E-state index contributed by atoms with van der Waals surface area (Å²) >= 11 is 0. The third kappa shape index (κ3) is 2.81. The van der Waals surface area contributed by atoms with Crippen LogP contribution in [0.5, 0.6) is 11.5 Å². The topological polar surface area (TPSA) is 54.0 Å². The minimum Gasteiger partial charge on any atom is -0.493 e. The largest absolute Gasteiger partial charge is 0.493 e. The average Bonchev–Trinajstić information content (AvgIpc) is 2.98. The minimum absolute atomic E-state index is 0.111. The lowest BCUT2D eigenvalue weighted by atomic mass is 9.76. The van der Waals surface area contributed by atoms with Crippen molar-refractivity contribution >= 4 is 5.78 Å². The molecule has 5 nitrogen and oxygen atoms in total. The summed E-state index contributed by atoms with van der Waals surface area (Å²) in [5, 5.41) is 0. The molecule has 0 amide bonds. The number of fused-ring (bicyclic) bond motifs is 1. The Kier molecular flexibility index (Phi) is 4.31. The van der Waals surface area contributed by atoms with Crippen molar-refractivity contribution in [1.82, 2.24) is 0 Å². The average molecular weight is 318 g/mol. The molecular formula is C18H22O5. The highest BCUT2D eigenvalue weighted by atomic mass is 16.7. The van der Waals surface area contributed by atoms with Crippen LogP contribution in [0.1, 0.15) is 25.3 Å². The molecule has 124 valence electrons. The second-order valence-corrected chi connectivity index (χ2v) is 6.07. The highest BCUT2D eigenvalue weighted by Gasteiger charge is 2.48. The zero-order chi connectivity index (χ0) is 16.4. The van der Waals surface area contributed by atoms with E-state index in [-0.39, 0.29) is 18.5 Å². The third-order valence-electron chi connectivity index (χ3n) is 4.77. The van der Waals surface area contributed by atoms with Crippen LogP contribution >= 0.6 is 0 Å². The number of hydrogen-bond acceptors (Lipinski definition) is 5. The molecule has 1 aliphatic heterocycles. The van der Waals surface area contributed by atoms with Gasteiger partial charge in [0.05, 0.1) is 14.2 Å². The summed E-state index contributed by atoms with van der Waals surface area (Å²) in [6, 6.07) is 5.92. The standard InChI is InChI=1S/C18H22O5/c1-12(8-13-4-5-15(20-2)16(9-13)21-3)18-7-6-14(19)10-17(18)22-11-23-18/h4-5,9-10,12H,6-8,11H2,1-3H3/t12-,18+/m0/s1. The van der Waals surface area contributed by atoms with Gasteiger partial charge in [0.1, 0.15) is 11.4 Å². The van der Waals surface area contributed by atoms with Crippen LogP contribution in [0.4, 0.5) is 0 Å². The predicted molar refractivity (Wildman–Crippen MR) is 84.5 cm³/mol. The Balaban J connectivity index is 1.83. The van der Waals surface area contributed by atoms with E-state index in [1.807, 2.05) is 18.2 Å². The molecule has 1 aromatic rings. The van der Waals surface area contributed by atoms with Crippen LogP contribution in [0.3, 0.4) is 0 Å². The Labute approximate surface area is 136 Å². The Bertz CT molecular complexity index is 636. The number of rotatable bonds is 5. The normalized spacial score (nSPS) is 24.5. The van der Waals surface area contributed by atoms with Crippen LogP contribution in [0.15, 0.2) is 30.0 Å². The van der Waals surface area contributed by atoms with Gasteiger partial charge in [-0.25, -0.2) is 0 Å². The van der Waals surface area contributed by atoms with Crippen molar-refractivity contribution in [2.45, 2.75) is 31.8 Å². The molecule has 5 heteroatoms. The summed E-state index contributed by atoms with van der Waals surface area (Å²) in [7, 11) is 3.25. The Morgan fingerprint density at radius 2 is 2.04 bits per heavy atom. The highest BCUT2D eigenvalue weighted by Crippen LogP contribution is 2.44. The van der Waals surface area contributed by atoms with E-state index in [0.29, 0.717) is 30.1 Å². The van der Waals surface area contributed by atoms with Crippen LogP contribution in [-0.4, -0.2) is 32.4 Å². The molecule has 1 fully saturated rings. The maximum Gasteiger partial charge on any atom is 0.189 e. The number of hydrogen-bond donors (Lipinski definition) is 0. The van der Waals surface area contributed by atoms with Gasteiger partial charge < -0.3 is 18.9 Å². The van der Waals surface area contributed by atoms with Gasteiger partial charge in [-0.1, -0.05) is 13.0 Å². The molecule has 0 aromatic heterocycles. The van der Waals surface area contributed by atoms with Gasteiger partial charge in [0.15, 0.2) is 24.1 Å². The molecule has 0 N–H and O–H groups in total. The van der Waals surface area contributed by atoms with Gasteiger partial charge in [0.2, 0.25) is 0 Å². The molecule has 23 heavy (non-hydrogen) atoms. The molecular weight excluding hydrogens is 296 g/mol. The first-order valence-electron chi connectivity index (χ1n) is 7.81. The Hall–Kier alpha value is -2.01. The first kappa shape index (κ1) is 15.9. The fourth-order valence-electron chi connectivity index (χ4n) is 3.44. The van der Waals surface area contributed by atoms with E-state index in [0.717, 1.165) is 12.0 Å². The van der Waals surface area contributed by atoms with E-state index in [9.17, 15) is 4.79 Å². The van der Waals surface area contributed by atoms with Crippen LogP contribution in [-0.2, 0) is 20.7 Å². The Morgan fingerprint density at radius 1 is 1.26 bits per heavy atom. The van der Waals surface area contributed by atoms with Gasteiger partial charge in [-0.3, -0.25) is 4.79 Å². The van der Waals surface area contributed by atoms with E-state index in [2.05, 4.69) is 6.92 Å². The smallest absolute Gasteiger partial charge is 0.189 e. The van der Waals surface area contributed by atoms with Crippen LogP contribution in [0.2, 0.25) is 0 Å². The van der Waals surface area contributed by atoms with Crippen molar-refractivity contribution in [3.05, 3.63) is 35.6 Å². The number of allylic oxidation sites excluding steroid dienone is 1. The van der Waals surface area contributed by atoms with Gasteiger partial charge >= 0.3 is 0 Å². The van der Waals surface area contributed by atoms with Crippen molar-refractivity contribution in [2.24, 2.45) is 5.92 Å².